The van der Waals surface area contributed by atoms with E-state index in [1.54, 1.807) is 0 Å². The highest BCUT2D eigenvalue weighted by atomic mass is 16.4. The summed E-state index contributed by atoms with van der Waals surface area (Å²) < 4.78 is 0. The van der Waals surface area contributed by atoms with Gasteiger partial charge in [-0.15, -0.1) is 0 Å². The second kappa shape index (κ2) is 5.50. The molecule has 0 aromatic heterocycles. The topological polar surface area (TPSA) is 40.5 Å². The molecule has 15 heavy (non-hydrogen) atoms. The van der Waals surface area contributed by atoms with Gasteiger partial charge in [0.15, 0.2) is 0 Å². The van der Waals surface area contributed by atoms with Crippen LogP contribution in [0, 0.1) is 5.92 Å². The Labute approximate surface area is 92.5 Å². The molecule has 0 heterocycles. The van der Waals surface area contributed by atoms with E-state index in [9.17, 15) is 4.79 Å². The van der Waals surface area contributed by atoms with E-state index in [2.05, 4.69) is 18.9 Å². The minimum atomic E-state index is -0.696. The highest BCUT2D eigenvalue weighted by Crippen LogP contribution is 2.27. The summed E-state index contributed by atoms with van der Waals surface area (Å²) in [5.74, 6) is 0.156. The van der Waals surface area contributed by atoms with Crippen LogP contribution in [0.4, 0.5) is 0 Å². The summed E-state index contributed by atoms with van der Waals surface area (Å²) in [5.41, 5.74) is 0. The van der Waals surface area contributed by atoms with Crippen LogP contribution in [0.25, 0.3) is 0 Å². The summed E-state index contributed by atoms with van der Waals surface area (Å²) in [5, 5.41) is 8.75. The highest BCUT2D eigenvalue weighted by Gasteiger charge is 2.25. The molecule has 0 aliphatic heterocycles. The lowest BCUT2D eigenvalue weighted by Crippen LogP contribution is -2.41. The molecular formula is C12H23NO2. The fraction of sp³-hybridized carbons (Fsp3) is 0.917. The third-order valence-electron chi connectivity index (χ3n) is 3.73. The van der Waals surface area contributed by atoms with E-state index in [0.29, 0.717) is 6.04 Å². The van der Waals surface area contributed by atoms with Gasteiger partial charge < -0.3 is 10.0 Å². The van der Waals surface area contributed by atoms with Crippen molar-refractivity contribution in [1.82, 2.24) is 4.90 Å². The maximum absolute atomic E-state index is 10.6. The zero-order valence-electron chi connectivity index (χ0n) is 10.1. The van der Waals surface area contributed by atoms with Gasteiger partial charge in [0.05, 0.1) is 6.42 Å². The van der Waals surface area contributed by atoms with E-state index < -0.39 is 5.97 Å². The van der Waals surface area contributed by atoms with E-state index in [0.717, 1.165) is 5.92 Å². The first-order valence-electron chi connectivity index (χ1n) is 5.94. The molecule has 1 aliphatic carbocycles. The molecule has 0 amide bonds. The first-order chi connectivity index (χ1) is 7.00. The number of hydrogen-bond donors (Lipinski definition) is 1. The molecule has 0 saturated heterocycles. The first-order valence-corrected chi connectivity index (χ1v) is 5.94. The Morgan fingerprint density at radius 3 is 2.40 bits per heavy atom. The molecule has 1 N–H and O–H groups in total. The number of nitrogens with zero attached hydrogens (tertiary/aromatic N) is 1. The number of carboxylic acids is 1. The third kappa shape index (κ3) is 3.82. The second-order valence-electron chi connectivity index (χ2n) is 5.03. The SMILES string of the molecule is CC1CCC(N(C)C(C)CC(=O)O)CC1. The molecule has 0 aromatic carbocycles. The normalized spacial score (nSPS) is 29.1. The third-order valence-corrected chi connectivity index (χ3v) is 3.73. The first kappa shape index (κ1) is 12.5. The Morgan fingerprint density at radius 2 is 1.93 bits per heavy atom. The lowest BCUT2D eigenvalue weighted by Gasteiger charge is -2.36. The quantitative estimate of drug-likeness (QED) is 0.779. The van der Waals surface area contributed by atoms with Crippen LogP contribution in [0.3, 0.4) is 0 Å². The molecule has 0 radical (unpaired) electrons. The summed E-state index contributed by atoms with van der Waals surface area (Å²) in [6, 6.07) is 0.747. The summed E-state index contributed by atoms with van der Waals surface area (Å²) in [7, 11) is 2.06. The van der Waals surface area contributed by atoms with Crippen molar-refractivity contribution >= 4 is 5.97 Å². The van der Waals surface area contributed by atoms with Gasteiger partial charge in [0.25, 0.3) is 0 Å². The van der Waals surface area contributed by atoms with E-state index in [-0.39, 0.29) is 12.5 Å². The smallest absolute Gasteiger partial charge is 0.304 e. The molecule has 1 atom stereocenters. The van der Waals surface area contributed by atoms with Crippen molar-refractivity contribution in [3.8, 4) is 0 Å². The van der Waals surface area contributed by atoms with Crippen LogP contribution in [0.2, 0.25) is 0 Å². The Bertz CT molecular complexity index is 210. The van der Waals surface area contributed by atoms with Crippen molar-refractivity contribution in [3.63, 3.8) is 0 Å². The maximum atomic E-state index is 10.6. The molecular weight excluding hydrogens is 190 g/mol. The summed E-state index contributed by atoms with van der Waals surface area (Å²) >= 11 is 0. The number of hydrogen-bond acceptors (Lipinski definition) is 2. The van der Waals surface area contributed by atoms with Gasteiger partial charge in [-0.05, 0) is 45.6 Å². The predicted molar refractivity (Wildman–Crippen MR) is 60.9 cm³/mol. The lowest BCUT2D eigenvalue weighted by molar-refractivity contribution is -0.138. The fourth-order valence-electron chi connectivity index (χ4n) is 2.41. The number of rotatable bonds is 4. The highest BCUT2D eigenvalue weighted by molar-refractivity contribution is 5.67. The lowest BCUT2D eigenvalue weighted by atomic mass is 9.86. The number of aliphatic carboxylic acids is 1. The predicted octanol–water partition coefficient (Wildman–Crippen LogP) is 2.36. The number of carboxylic acid groups (broad SMARTS) is 1. The molecule has 0 bridgehead atoms. The van der Waals surface area contributed by atoms with Crippen molar-refractivity contribution in [2.45, 2.75) is 58.0 Å². The fourth-order valence-corrected chi connectivity index (χ4v) is 2.41. The molecule has 1 saturated carbocycles. The zero-order chi connectivity index (χ0) is 11.4. The van der Waals surface area contributed by atoms with Gasteiger partial charge in [-0.1, -0.05) is 6.92 Å². The van der Waals surface area contributed by atoms with Crippen LogP contribution >= 0.6 is 0 Å². The maximum Gasteiger partial charge on any atom is 0.304 e. The Kier molecular flexibility index (Phi) is 4.58. The molecule has 1 aliphatic rings. The molecule has 3 nitrogen and oxygen atoms in total. The van der Waals surface area contributed by atoms with Crippen molar-refractivity contribution in [1.29, 1.82) is 0 Å². The minimum Gasteiger partial charge on any atom is -0.481 e. The largest absolute Gasteiger partial charge is 0.481 e. The minimum absolute atomic E-state index is 0.154. The van der Waals surface area contributed by atoms with E-state index >= 15 is 0 Å². The Balaban J connectivity index is 2.38. The van der Waals surface area contributed by atoms with Crippen LogP contribution in [0.15, 0.2) is 0 Å². The Morgan fingerprint density at radius 1 is 1.40 bits per heavy atom. The summed E-state index contributed by atoms with van der Waals surface area (Å²) in [6.45, 7) is 4.31. The van der Waals surface area contributed by atoms with Crippen molar-refractivity contribution < 1.29 is 9.90 Å². The van der Waals surface area contributed by atoms with Crippen molar-refractivity contribution in [3.05, 3.63) is 0 Å². The monoisotopic (exact) mass is 213 g/mol. The molecule has 0 spiro atoms. The van der Waals surface area contributed by atoms with Crippen LogP contribution in [-0.2, 0) is 4.79 Å². The average Bonchev–Trinajstić information content (AvgIpc) is 2.17. The van der Waals surface area contributed by atoms with Crippen LogP contribution in [0.5, 0.6) is 0 Å². The number of carbonyl (C=O) groups is 1. The van der Waals surface area contributed by atoms with Crippen LogP contribution in [0.1, 0.15) is 46.0 Å². The van der Waals surface area contributed by atoms with Crippen LogP contribution < -0.4 is 0 Å². The van der Waals surface area contributed by atoms with Crippen molar-refractivity contribution in [2.75, 3.05) is 7.05 Å². The molecule has 3 heteroatoms. The molecule has 88 valence electrons. The van der Waals surface area contributed by atoms with Crippen molar-refractivity contribution in [2.24, 2.45) is 5.92 Å². The Hall–Kier alpha value is -0.570. The van der Waals surface area contributed by atoms with Gasteiger partial charge in [0, 0.05) is 12.1 Å². The average molecular weight is 213 g/mol. The van der Waals surface area contributed by atoms with E-state index in [4.69, 9.17) is 5.11 Å². The van der Waals surface area contributed by atoms with Gasteiger partial charge >= 0.3 is 5.97 Å². The molecule has 0 aromatic rings. The molecule has 1 rings (SSSR count). The van der Waals surface area contributed by atoms with Gasteiger partial charge in [-0.25, -0.2) is 0 Å². The van der Waals surface area contributed by atoms with Crippen LogP contribution in [-0.4, -0.2) is 35.1 Å². The van der Waals surface area contributed by atoms with Gasteiger partial charge in [0.2, 0.25) is 0 Å². The van der Waals surface area contributed by atoms with Gasteiger partial charge in [0.1, 0.15) is 0 Å². The van der Waals surface area contributed by atoms with Gasteiger partial charge in [-0.2, -0.15) is 0 Å². The molecule has 1 unspecified atom stereocenters. The van der Waals surface area contributed by atoms with Gasteiger partial charge in [-0.3, -0.25) is 4.79 Å². The summed E-state index contributed by atoms with van der Waals surface area (Å²) in [4.78, 5) is 12.9. The summed E-state index contributed by atoms with van der Waals surface area (Å²) in [6.07, 6.45) is 5.27. The molecule has 1 fully saturated rings. The second-order valence-corrected chi connectivity index (χ2v) is 5.03. The zero-order valence-corrected chi connectivity index (χ0v) is 10.1. The standard InChI is InChI=1S/C12H23NO2/c1-9-4-6-11(7-5-9)13(3)10(2)8-12(14)15/h9-11H,4-8H2,1-3H3,(H,14,15). The van der Waals surface area contributed by atoms with E-state index in [1.165, 1.54) is 25.7 Å². The van der Waals surface area contributed by atoms with E-state index in [1.807, 2.05) is 6.92 Å².